The third-order valence-corrected chi connectivity index (χ3v) is 6.34. The van der Waals surface area contributed by atoms with Gasteiger partial charge in [-0.25, -0.2) is 19.7 Å². The van der Waals surface area contributed by atoms with Gasteiger partial charge >= 0.3 is 5.97 Å². The number of aromatic carboxylic acids is 1. The van der Waals surface area contributed by atoms with Crippen LogP contribution in [0.3, 0.4) is 0 Å². The van der Waals surface area contributed by atoms with Crippen LogP contribution in [0.2, 0.25) is 10.0 Å². The van der Waals surface area contributed by atoms with Crippen molar-refractivity contribution in [1.29, 1.82) is 0 Å². The summed E-state index contributed by atoms with van der Waals surface area (Å²) >= 11 is 12.4. The van der Waals surface area contributed by atoms with Crippen molar-refractivity contribution in [1.82, 2.24) is 20.3 Å². The minimum absolute atomic E-state index is 0.0756. The number of hydrogen-bond acceptors (Lipinski definition) is 11. The van der Waals surface area contributed by atoms with Crippen LogP contribution in [0.4, 0.5) is 23.0 Å². The SMILES string of the molecule is Cc1nc(NCCNCC(O)CO)c(NCc2ncc(-c3cc(Cl)ccc3Cl)o2)c(Nc2ccccc2C(=O)O)n1. The highest BCUT2D eigenvalue weighted by atomic mass is 35.5. The van der Waals surface area contributed by atoms with Crippen LogP contribution in [0.1, 0.15) is 22.1 Å². The number of anilines is 4. The number of carboxylic acid groups (broad SMARTS) is 1. The highest BCUT2D eigenvalue weighted by Gasteiger charge is 2.18. The molecule has 2 aromatic heterocycles. The zero-order chi connectivity index (χ0) is 29.4. The van der Waals surface area contributed by atoms with Gasteiger partial charge in [-0.3, -0.25) is 0 Å². The lowest BCUT2D eigenvalue weighted by Gasteiger charge is -2.18. The Morgan fingerprint density at radius 3 is 2.63 bits per heavy atom. The number of carboxylic acids is 1. The molecule has 216 valence electrons. The Labute approximate surface area is 245 Å². The number of para-hydroxylation sites is 1. The molecule has 0 radical (unpaired) electrons. The molecule has 0 saturated heterocycles. The van der Waals surface area contributed by atoms with Gasteiger partial charge in [-0.05, 0) is 37.3 Å². The topological polar surface area (TPSA) is 178 Å². The predicted molar refractivity (Wildman–Crippen MR) is 157 cm³/mol. The van der Waals surface area contributed by atoms with Gasteiger partial charge < -0.3 is 41.0 Å². The molecule has 1 atom stereocenters. The number of rotatable bonds is 14. The van der Waals surface area contributed by atoms with Crippen LogP contribution < -0.4 is 21.3 Å². The zero-order valence-corrected chi connectivity index (χ0v) is 23.5. The first kappa shape index (κ1) is 30.0. The van der Waals surface area contributed by atoms with Crippen molar-refractivity contribution >= 4 is 52.2 Å². The molecular weight excluding hydrogens is 573 g/mol. The minimum atomic E-state index is -1.09. The van der Waals surface area contributed by atoms with Crippen LogP contribution in [-0.2, 0) is 6.54 Å². The monoisotopic (exact) mass is 601 g/mol. The van der Waals surface area contributed by atoms with E-state index in [1.54, 1.807) is 49.5 Å². The van der Waals surface area contributed by atoms with Crippen molar-refractivity contribution in [3.8, 4) is 11.3 Å². The first-order valence-corrected chi connectivity index (χ1v) is 13.4. The van der Waals surface area contributed by atoms with E-state index in [0.717, 1.165) is 0 Å². The summed E-state index contributed by atoms with van der Waals surface area (Å²) in [6.07, 6.45) is 0.694. The number of aliphatic hydroxyl groups excluding tert-OH is 2. The lowest BCUT2D eigenvalue weighted by molar-refractivity contribution is 0.0698. The summed E-state index contributed by atoms with van der Waals surface area (Å²) in [5.74, 6) is 0.918. The fourth-order valence-electron chi connectivity index (χ4n) is 3.83. The summed E-state index contributed by atoms with van der Waals surface area (Å²) in [5, 5.41) is 41.8. The Hall–Kier alpha value is -3.94. The number of aromatic nitrogens is 3. The molecule has 0 aliphatic carbocycles. The third-order valence-electron chi connectivity index (χ3n) is 5.78. The van der Waals surface area contributed by atoms with Gasteiger partial charge in [0, 0.05) is 30.2 Å². The van der Waals surface area contributed by atoms with E-state index in [4.69, 9.17) is 32.7 Å². The first-order chi connectivity index (χ1) is 19.7. The fraction of sp³-hybridized carbons (Fsp3) is 0.259. The molecule has 0 aliphatic heterocycles. The van der Waals surface area contributed by atoms with E-state index in [1.807, 2.05) is 0 Å². The number of oxazole rings is 1. The highest BCUT2D eigenvalue weighted by Crippen LogP contribution is 2.33. The molecule has 41 heavy (non-hydrogen) atoms. The summed E-state index contributed by atoms with van der Waals surface area (Å²) in [6.45, 7) is 2.63. The van der Waals surface area contributed by atoms with E-state index in [2.05, 4.69) is 36.2 Å². The van der Waals surface area contributed by atoms with Crippen LogP contribution in [0, 0.1) is 6.92 Å². The smallest absolute Gasteiger partial charge is 0.337 e. The van der Waals surface area contributed by atoms with Gasteiger partial charge in [0.25, 0.3) is 0 Å². The van der Waals surface area contributed by atoms with Crippen molar-refractivity contribution in [3.05, 3.63) is 76.0 Å². The molecule has 0 amide bonds. The number of halogens is 2. The molecule has 0 aliphatic rings. The minimum Gasteiger partial charge on any atom is -0.478 e. The van der Waals surface area contributed by atoms with Gasteiger partial charge in [-0.15, -0.1) is 0 Å². The summed E-state index contributed by atoms with van der Waals surface area (Å²) < 4.78 is 5.92. The van der Waals surface area contributed by atoms with E-state index >= 15 is 0 Å². The molecule has 4 rings (SSSR count). The second kappa shape index (κ2) is 14.1. The Morgan fingerprint density at radius 1 is 1.07 bits per heavy atom. The van der Waals surface area contributed by atoms with Crippen molar-refractivity contribution in [3.63, 3.8) is 0 Å². The number of benzene rings is 2. The maximum Gasteiger partial charge on any atom is 0.337 e. The van der Waals surface area contributed by atoms with Gasteiger partial charge in [0.2, 0.25) is 5.89 Å². The Balaban J connectivity index is 1.59. The lowest BCUT2D eigenvalue weighted by Crippen LogP contribution is -2.32. The third kappa shape index (κ3) is 8.06. The number of nitrogens with zero attached hydrogens (tertiary/aromatic N) is 3. The zero-order valence-electron chi connectivity index (χ0n) is 22.0. The van der Waals surface area contributed by atoms with Gasteiger partial charge in [-0.2, -0.15) is 0 Å². The van der Waals surface area contributed by atoms with E-state index in [-0.39, 0.29) is 25.3 Å². The van der Waals surface area contributed by atoms with Crippen LogP contribution in [0.5, 0.6) is 0 Å². The predicted octanol–water partition coefficient (Wildman–Crippen LogP) is 4.16. The van der Waals surface area contributed by atoms with Gasteiger partial charge in [-0.1, -0.05) is 35.3 Å². The molecule has 2 heterocycles. The van der Waals surface area contributed by atoms with Crippen molar-refractivity contribution in [2.24, 2.45) is 0 Å². The molecule has 0 bridgehead atoms. The molecule has 1 unspecified atom stereocenters. The number of hydrogen-bond donors (Lipinski definition) is 7. The highest BCUT2D eigenvalue weighted by molar-refractivity contribution is 6.35. The average molecular weight is 602 g/mol. The quantitative estimate of drug-likeness (QED) is 0.103. The normalized spacial score (nSPS) is 11.7. The summed E-state index contributed by atoms with van der Waals surface area (Å²) in [4.78, 5) is 25.2. The fourth-order valence-corrected chi connectivity index (χ4v) is 4.22. The molecule has 4 aromatic rings. The van der Waals surface area contributed by atoms with E-state index in [9.17, 15) is 15.0 Å². The average Bonchev–Trinajstić information content (AvgIpc) is 3.42. The standard InChI is InChI=1S/C27H29Cl2N7O5/c1-15-34-25(31-9-8-30-11-17(38)14-37)24(26(35-15)36-21-5-3-2-4-18(21)27(39)40)33-13-23-32-12-22(41-23)19-10-16(28)6-7-20(19)29/h2-7,10,12,17,30,33,37-38H,8-9,11,13-14H2,1H3,(H,39,40)(H2,31,34,35,36). The van der Waals surface area contributed by atoms with E-state index < -0.39 is 12.1 Å². The first-order valence-electron chi connectivity index (χ1n) is 12.6. The summed E-state index contributed by atoms with van der Waals surface area (Å²) in [7, 11) is 0. The van der Waals surface area contributed by atoms with Crippen molar-refractivity contribution in [2.45, 2.75) is 19.6 Å². The second-order valence-corrected chi connectivity index (χ2v) is 9.73. The summed E-state index contributed by atoms with van der Waals surface area (Å²) in [6, 6.07) is 11.5. The maximum absolute atomic E-state index is 11.8. The molecule has 0 saturated carbocycles. The number of aliphatic hydroxyl groups is 2. The van der Waals surface area contributed by atoms with E-state index in [1.165, 1.54) is 6.07 Å². The largest absolute Gasteiger partial charge is 0.478 e. The molecule has 0 fully saturated rings. The van der Waals surface area contributed by atoms with Crippen LogP contribution >= 0.6 is 23.2 Å². The van der Waals surface area contributed by atoms with E-state index in [0.29, 0.717) is 69.2 Å². The molecule has 7 N–H and O–H groups in total. The number of carbonyl (C=O) groups is 1. The molecule has 14 heteroatoms. The molecular formula is C27H29Cl2N7O5. The Bertz CT molecular complexity index is 1500. The number of aryl methyl sites for hydroxylation is 1. The van der Waals surface area contributed by atoms with Gasteiger partial charge in [0.1, 0.15) is 11.5 Å². The van der Waals surface area contributed by atoms with Crippen LogP contribution in [0.15, 0.2) is 53.1 Å². The lowest BCUT2D eigenvalue weighted by atomic mass is 10.2. The van der Waals surface area contributed by atoms with Crippen molar-refractivity contribution < 1.29 is 24.5 Å². The Morgan fingerprint density at radius 2 is 1.85 bits per heavy atom. The number of nitrogens with one attached hydrogen (secondary N) is 4. The van der Waals surface area contributed by atoms with Crippen LogP contribution in [0.25, 0.3) is 11.3 Å². The Kier molecular flexibility index (Phi) is 10.3. The second-order valence-electron chi connectivity index (χ2n) is 8.88. The van der Waals surface area contributed by atoms with Gasteiger partial charge in [0.15, 0.2) is 17.4 Å². The summed E-state index contributed by atoms with van der Waals surface area (Å²) in [5.41, 5.74) is 1.48. The molecule has 12 nitrogen and oxygen atoms in total. The molecule has 2 aromatic carbocycles. The van der Waals surface area contributed by atoms with Gasteiger partial charge in [0.05, 0.1) is 41.7 Å². The maximum atomic E-state index is 11.8. The van der Waals surface area contributed by atoms with Crippen molar-refractivity contribution in [2.75, 3.05) is 42.2 Å². The van der Waals surface area contributed by atoms with Crippen LogP contribution in [-0.4, -0.2) is 68.6 Å². The molecule has 0 spiro atoms.